The maximum absolute atomic E-state index is 12.8. The van der Waals surface area contributed by atoms with Crippen LogP contribution < -0.4 is 0 Å². The second-order valence-electron chi connectivity index (χ2n) is 16.7. The molecular formula is C55H94O6. The largest absolute Gasteiger partial charge is 0.462 e. The molecule has 0 aliphatic rings. The molecule has 1 atom stereocenters. The lowest BCUT2D eigenvalue weighted by Crippen LogP contribution is -2.30. The molecule has 6 nitrogen and oxygen atoms in total. The minimum atomic E-state index is -0.786. The summed E-state index contributed by atoms with van der Waals surface area (Å²) in [6, 6.07) is 0. The predicted octanol–water partition coefficient (Wildman–Crippen LogP) is 16.6. The Hall–Kier alpha value is -3.15. The van der Waals surface area contributed by atoms with Crippen LogP contribution in [0.15, 0.2) is 72.9 Å². The highest BCUT2D eigenvalue weighted by Gasteiger charge is 2.19. The van der Waals surface area contributed by atoms with Gasteiger partial charge in [0, 0.05) is 19.3 Å². The van der Waals surface area contributed by atoms with Gasteiger partial charge in [0.15, 0.2) is 6.10 Å². The number of unbranched alkanes of at least 4 members (excludes halogenated alkanes) is 22. The van der Waals surface area contributed by atoms with Gasteiger partial charge in [0.1, 0.15) is 13.2 Å². The van der Waals surface area contributed by atoms with Crippen molar-refractivity contribution in [2.75, 3.05) is 13.2 Å². The highest BCUT2D eigenvalue weighted by Crippen LogP contribution is 2.15. The van der Waals surface area contributed by atoms with E-state index in [2.05, 4.69) is 93.7 Å². The SMILES string of the molecule is CC/C=C\C/C=C\C/C=C\C/C=C\CCCCCCCCC(=O)OCC(COC(=O)CCCCCCCCCCCCCC)OC(=O)CCCCCCC/C=C\C/C=C\CC. The van der Waals surface area contributed by atoms with E-state index in [0.29, 0.717) is 19.3 Å². The standard InChI is InChI=1S/C55H94O6/c1-4-7-10-13-16-19-22-25-26-27-28-29-30-31-34-36-39-42-45-48-54(57)60-51-52(61-55(58)49-46-43-40-37-33-24-21-18-15-12-9-6-3)50-59-53(56)47-44-41-38-35-32-23-20-17-14-11-8-5-2/h7,9-10,12,16,18-19,21,25-26,28-29,52H,4-6,8,11,13-15,17,20,22-24,27,30-51H2,1-3H3/b10-7-,12-9-,19-16-,21-18-,26-25-,29-28-. The van der Waals surface area contributed by atoms with E-state index in [0.717, 1.165) is 122 Å². The second kappa shape index (κ2) is 49.5. The zero-order valence-corrected chi connectivity index (χ0v) is 39.9. The van der Waals surface area contributed by atoms with Crippen LogP contribution >= 0.6 is 0 Å². The normalized spacial score (nSPS) is 12.6. The third-order valence-corrected chi connectivity index (χ3v) is 10.7. The van der Waals surface area contributed by atoms with Crippen molar-refractivity contribution < 1.29 is 28.6 Å². The fraction of sp³-hybridized carbons (Fsp3) is 0.727. The summed E-state index contributed by atoms with van der Waals surface area (Å²) in [5.41, 5.74) is 0. The van der Waals surface area contributed by atoms with Crippen molar-refractivity contribution in [2.24, 2.45) is 0 Å². The lowest BCUT2D eigenvalue weighted by Gasteiger charge is -2.18. The topological polar surface area (TPSA) is 78.9 Å². The molecule has 0 heterocycles. The molecule has 350 valence electrons. The maximum atomic E-state index is 12.8. The summed E-state index contributed by atoms with van der Waals surface area (Å²) < 4.78 is 16.8. The van der Waals surface area contributed by atoms with Gasteiger partial charge in [-0.3, -0.25) is 14.4 Å². The molecule has 0 aromatic carbocycles. The Morgan fingerprint density at radius 3 is 1.00 bits per heavy atom. The second-order valence-corrected chi connectivity index (χ2v) is 16.7. The van der Waals surface area contributed by atoms with Crippen LogP contribution in [0.2, 0.25) is 0 Å². The van der Waals surface area contributed by atoms with Crippen molar-refractivity contribution in [1.29, 1.82) is 0 Å². The Bertz CT molecular complexity index is 1160. The highest BCUT2D eigenvalue weighted by atomic mass is 16.6. The molecule has 6 heteroatoms. The number of ether oxygens (including phenoxy) is 3. The number of hydrogen-bond acceptors (Lipinski definition) is 6. The van der Waals surface area contributed by atoms with Gasteiger partial charge >= 0.3 is 17.9 Å². The zero-order valence-electron chi connectivity index (χ0n) is 39.9. The van der Waals surface area contributed by atoms with Crippen molar-refractivity contribution in [3.63, 3.8) is 0 Å². The highest BCUT2D eigenvalue weighted by molar-refractivity contribution is 5.71. The number of hydrogen-bond donors (Lipinski definition) is 0. The van der Waals surface area contributed by atoms with Gasteiger partial charge in [0.2, 0.25) is 0 Å². The van der Waals surface area contributed by atoms with E-state index in [9.17, 15) is 14.4 Å². The summed E-state index contributed by atoms with van der Waals surface area (Å²) in [5.74, 6) is -0.913. The van der Waals surface area contributed by atoms with Crippen LogP contribution in [0.4, 0.5) is 0 Å². The summed E-state index contributed by atoms with van der Waals surface area (Å²) >= 11 is 0. The molecule has 0 aliphatic heterocycles. The van der Waals surface area contributed by atoms with Gasteiger partial charge in [0.05, 0.1) is 0 Å². The molecule has 0 radical (unpaired) electrons. The molecule has 0 aromatic rings. The number of carbonyl (C=O) groups excluding carboxylic acids is 3. The lowest BCUT2D eigenvalue weighted by atomic mass is 10.0. The first-order chi connectivity index (χ1) is 30.0. The number of allylic oxidation sites excluding steroid dienone is 12. The van der Waals surface area contributed by atoms with E-state index >= 15 is 0 Å². The van der Waals surface area contributed by atoms with Crippen LogP contribution in [0.1, 0.15) is 239 Å². The first kappa shape index (κ1) is 57.9. The molecular weight excluding hydrogens is 757 g/mol. The van der Waals surface area contributed by atoms with E-state index in [4.69, 9.17) is 14.2 Å². The monoisotopic (exact) mass is 851 g/mol. The Kier molecular flexibility index (Phi) is 46.9. The molecule has 0 saturated carbocycles. The number of carbonyl (C=O) groups is 3. The van der Waals surface area contributed by atoms with Crippen LogP contribution in [0, 0.1) is 0 Å². The Labute approximate surface area is 376 Å². The minimum Gasteiger partial charge on any atom is -0.462 e. The van der Waals surface area contributed by atoms with Crippen LogP contribution in [-0.2, 0) is 28.6 Å². The minimum absolute atomic E-state index is 0.0845. The summed E-state index contributed by atoms with van der Waals surface area (Å²) in [6.07, 6.45) is 61.7. The van der Waals surface area contributed by atoms with Gasteiger partial charge in [0.25, 0.3) is 0 Å². The fourth-order valence-electron chi connectivity index (χ4n) is 6.94. The van der Waals surface area contributed by atoms with Gasteiger partial charge in [-0.05, 0) is 83.5 Å². The molecule has 0 fully saturated rings. The van der Waals surface area contributed by atoms with Crippen LogP contribution in [0.3, 0.4) is 0 Å². The zero-order chi connectivity index (χ0) is 44.4. The maximum Gasteiger partial charge on any atom is 0.306 e. The molecule has 0 rings (SSSR count). The van der Waals surface area contributed by atoms with Crippen molar-refractivity contribution >= 4 is 17.9 Å². The van der Waals surface area contributed by atoms with E-state index in [1.807, 2.05) is 0 Å². The third-order valence-electron chi connectivity index (χ3n) is 10.7. The molecule has 0 amide bonds. The van der Waals surface area contributed by atoms with Gasteiger partial charge in [-0.25, -0.2) is 0 Å². The van der Waals surface area contributed by atoms with Crippen molar-refractivity contribution in [2.45, 2.75) is 245 Å². The lowest BCUT2D eigenvalue weighted by molar-refractivity contribution is -0.167. The third kappa shape index (κ3) is 47.7. The Balaban J connectivity index is 4.38. The smallest absolute Gasteiger partial charge is 0.306 e. The van der Waals surface area contributed by atoms with Crippen LogP contribution in [0.5, 0.6) is 0 Å². The fourth-order valence-corrected chi connectivity index (χ4v) is 6.94. The average molecular weight is 851 g/mol. The molecule has 0 aromatic heterocycles. The molecule has 0 bridgehead atoms. The van der Waals surface area contributed by atoms with Crippen LogP contribution in [-0.4, -0.2) is 37.2 Å². The number of rotatable bonds is 45. The first-order valence-corrected chi connectivity index (χ1v) is 25.4. The van der Waals surface area contributed by atoms with Gasteiger partial charge in [-0.1, -0.05) is 209 Å². The first-order valence-electron chi connectivity index (χ1n) is 25.4. The Morgan fingerprint density at radius 1 is 0.344 bits per heavy atom. The van der Waals surface area contributed by atoms with Gasteiger partial charge < -0.3 is 14.2 Å². The molecule has 0 spiro atoms. The average Bonchev–Trinajstić information content (AvgIpc) is 3.26. The molecule has 0 N–H and O–H groups in total. The number of esters is 3. The van der Waals surface area contributed by atoms with Gasteiger partial charge in [-0.2, -0.15) is 0 Å². The summed E-state index contributed by atoms with van der Waals surface area (Å²) in [6.45, 7) is 6.39. The van der Waals surface area contributed by atoms with Crippen molar-refractivity contribution in [3.8, 4) is 0 Å². The van der Waals surface area contributed by atoms with E-state index < -0.39 is 6.10 Å². The molecule has 0 saturated heterocycles. The van der Waals surface area contributed by atoms with E-state index in [-0.39, 0.29) is 31.1 Å². The van der Waals surface area contributed by atoms with Crippen molar-refractivity contribution in [1.82, 2.24) is 0 Å². The summed E-state index contributed by atoms with van der Waals surface area (Å²) in [7, 11) is 0. The predicted molar refractivity (Wildman–Crippen MR) is 261 cm³/mol. The van der Waals surface area contributed by atoms with E-state index in [1.54, 1.807) is 0 Å². The van der Waals surface area contributed by atoms with Crippen molar-refractivity contribution in [3.05, 3.63) is 72.9 Å². The summed E-state index contributed by atoms with van der Waals surface area (Å²) in [4.78, 5) is 37.9. The molecule has 61 heavy (non-hydrogen) atoms. The Morgan fingerprint density at radius 2 is 0.639 bits per heavy atom. The van der Waals surface area contributed by atoms with Gasteiger partial charge in [-0.15, -0.1) is 0 Å². The molecule has 0 aliphatic carbocycles. The van der Waals surface area contributed by atoms with Crippen LogP contribution in [0.25, 0.3) is 0 Å². The molecule has 1 unspecified atom stereocenters. The summed E-state index contributed by atoms with van der Waals surface area (Å²) in [5, 5.41) is 0. The van der Waals surface area contributed by atoms with E-state index in [1.165, 1.54) is 77.0 Å². The quantitative estimate of drug-likeness (QED) is 0.0263.